The largest absolute Gasteiger partial charge is 0.480 e. The van der Waals surface area contributed by atoms with Crippen LogP contribution in [0, 0.1) is 15.5 Å². The molecule has 1 atom stereocenters. The molecular weight excluding hydrogens is 410 g/mol. The number of carboxylic acids is 1. The van der Waals surface area contributed by atoms with Crippen LogP contribution in [0.25, 0.3) is 11.0 Å². The second-order valence-electron chi connectivity index (χ2n) is 7.91. The smallest absolute Gasteiger partial charge is 0.327 e. The SMILES string of the molecule is CCOC(=O)CCCCSc1nc2ccc([N+](=O)[O-])cc2n1C(C(=O)O)C(C)(C)C. The zero-order valence-corrected chi connectivity index (χ0v) is 18.4. The van der Waals surface area contributed by atoms with Crippen LogP contribution in [0.1, 0.15) is 53.0 Å². The lowest BCUT2D eigenvalue weighted by Crippen LogP contribution is -2.32. The molecule has 2 aromatic rings. The van der Waals surface area contributed by atoms with Gasteiger partial charge in [-0.25, -0.2) is 9.78 Å². The van der Waals surface area contributed by atoms with Gasteiger partial charge in [0.25, 0.3) is 5.69 Å². The maximum absolute atomic E-state index is 12.1. The minimum Gasteiger partial charge on any atom is -0.480 e. The molecule has 1 aromatic carbocycles. The van der Waals surface area contributed by atoms with Crippen molar-refractivity contribution in [2.75, 3.05) is 12.4 Å². The summed E-state index contributed by atoms with van der Waals surface area (Å²) < 4.78 is 6.49. The number of unbranched alkanes of at least 4 members (excludes halogenated alkanes) is 1. The van der Waals surface area contributed by atoms with Crippen molar-refractivity contribution < 1.29 is 24.4 Å². The number of aromatic nitrogens is 2. The van der Waals surface area contributed by atoms with Gasteiger partial charge in [-0.1, -0.05) is 32.5 Å². The lowest BCUT2D eigenvalue weighted by molar-refractivity contribution is -0.384. The molecule has 0 aliphatic carbocycles. The number of non-ortho nitro benzene ring substituents is 1. The van der Waals surface area contributed by atoms with Gasteiger partial charge in [-0.3, -0.25) is 14.9 Å². The number of carboxylic acid groups (broad SMARTS) is 1. The summed E-state index contributed by atoms with van der Waals surface area (Å²) in [4.78, 5) is 38.8. The number of hydrogen-bond donors (Lipinski definition) is 1. The van der Waals surface area contributed by atoms with Crippen molar-refractivity contribution in [1.82, 2.24) is 9.55 Å². The van der Waals surface area contributed by atoms with E-state index >= 15 is 0 Å². The summed E-state index contributed by atoms with van der Waals surface area (Å²) in [7, 11) is 0. The molecule has 0 spiro atoms. The van der Waals surface area contributed by atoms with E-state index in [0.29, 0.717) is 41.4 Å². The number of rotatable bonds is 10. The van der Waals surface area contributed by atoms with Crippen molar-refractivity contribution in [3.05, 3.63) is 28.3 Å². The van der Waals surface area contributed by atoms with Crippen molar-refractivity contribution in [3.8, 4) is 0 Å². The van der Waals surface area contributed by atoms with E-state index < -0.39 is 22.3 Å². The maximum Gasteiger partial charge on any atom is 0.327 e. The predicted octanol–water partition coefficient (Wildman–Crippen LogP) is 4.44. The van der Waals surface area contributed by atoms with Gasteiger partial charge in [-0.15, -0.1) is 0 Å². The number of aliphatic carboxylic acids is 1. The lowest BCUT2D eigenvalue weighted by Gasteiger charge is -2.29. The number of fused-ring (bicyclic) bond motifs is 1. The van der Waals surface area contributed by atoms with Crippen LogP contribution >= 0.6 is 11.8 Å². The van der Waals surface area contributed by atoms with Gasteiger partial charge < -0.3 is 14.4 Å². The van der Waals surface area contributed by atoms with Gasteiger partial charge in [0.05, 0.1) is 22.6 Å². The third kappa shape index (κ3) is 5.71. The van der Waals surface area contributed by atoms with Gasteiger partial charge in [0, 0.05) is 24.3 Å². The van der Waals surface area contributed by atoms with E-state index in [9.17, 15) is 24.8 Å². The van der Waals surface area contributed by atoms with Crippen LogP contribution in [0.3, 0.4) is 0 Å². The Balaban J connectivity index is 2.34. The first-order chi connectivity index (χ1) is 14.1. The topological polar surface area (TPSA) is 125 Å². The van der Waals surface area contributed by atoms with Gasteiger partial charge in [0.2, 0.25) is 0 Å². The number of carbonyl (C=O) groups is 2. The fourth-order valence-corrected chi connectivity index (χ4v) is 4.20. The molecule has 0 saturated carbocycles. The first kappa shape index (κ1) is 23.7. The summed E-state index contributed by atoms with van der Waals surface area (Å²) >= 11 is 1.38. The number of imidazole rings is 1. The molecule has 0 amide bonds. The maximum atomic E-state index is 12.1. The number of hydrogen-bond acceptors (Lipinski definition) is 7. The van der Waals surface area contributed by atoms with Crippen LogP contribution in [0.4, 0.5) is 5.69 Å². The molecular formula is C20H27N3O6S. The van der Waals surface area contributed by atoms with Crippen LogP contribution in [0.5, 0.6) is 0 Å². The Bertz CT molecular complexity index is 935. The monoisotopic (exact) mass is 437 g/mol. The van der Waals surface area contributed by atoms with E-state index in [1.807, 2.05) is 20.8 Å². The molecule has 0 bridgehead atoms. The summed E-state index contributed by atoms with van der Waals surface area (Å²) in [5.74, 6) is -0.639. The first-order valence-electron chi connectivity index (χ1n) is 9.73. The van der Waals surface area contributed by atoms with Gasteiger partial charge in [0.15, 0.2) is 5.16 Å². The molecule has 1 aromatic heterocycles. The average Bonchev–Trinajstić information content (AvgIpc) is 2.97. The van der Waals surface area contributed by atoms with E-state index in [0.717, 1.165) is 6.42 Å². The first-order valence-corrected chi connectivity index (χ1v) is 10.7. The van der Waals surface area contributed by atoms with Crippen LogP contribution in [0.15, 0.2) is 23.4 Å². The highest BCUT2D eigenvalue weighted by atomic mass is 32.2. The Morgan fingerprint density at radius 2 is 2.03 bits per heavy atom. The van der Waals surface area contributed by atoms with Crippen LogP contribution in [-0.4, -0.2) is 43.9 Å². The molecule has 164 valence electrons. The summed E-state index contributed by atoms with van der Waals surface area (Å²) in [5, 5.41) is 21.6. The summed E-state index contributed by atoms with van der Waals surface area (Å²) in [6.07, 6.45) is 1.70. The Hall–Kier alpha value is -2.62. The summed E-state index contributed by atoms with van der Waals surface area (Å²) in [6.45, 7) is 7.54. The number of esters is 1. The Labute approximate surface area is 179 Å². The van der Waals surface area contributed by atoms with E-state index in [-0.39, 0.29) is 11.7 Å². The fraction of sp³-hybridized carbons (Fsp3) is 0.550. The normalized spacial score (nSPS) is 12.7. The highest BCUT2D eigenvalue weighted by Crippen LogP contribution is 2.38. The molecule has 1 unspecified atom stereocenters. The molecule has 1 heterocycles. The standard InChI is InChI=1S/C20H27N3O6S/c1-5-29-16(24)8-6-7-11-30-19-21-14-10-9-13(23(27)28)12-15(14)22(19)17(18(25)26)20(2,3)4/h9-10,12,17H,5-8,11H2,1-4H3,(H,25,26). The zero-order chi connectivity index (χ0) is 22.5. The van der Waals surface area contributed by atoms with Crippen molar-refractivity contribution in [2.45, 2.75) is 58.2 Å². The molecule has 30 heavy (non-hydrogen) atoms. The van der Waals surface area contributed by atoms with Crippen molar-refractivity contribution in [1.29, 1.82) is 0 Å². The molecule has 10 heteroatoms. The number of nitro groups is 1. The minimum absolute atomic E-state index is 0.118. The van der Waals surface area contributed by atoms with E-state index in [1.165, 1.54) is 30.0 Å². The van der Waals surface area contributed by atoms with Crippen molar-refractivity contribution >= 4 is 40.4 Å². The fourth-order valence-electron chi connectivity index (χ4n) is 3.16. The van der Waals surface area contributed by atoms with E-state index in [4.69, 9.17) is 4.74 Å². The number of benzene rings is 1. The molecule has 0 saturated heterocycles. The number of thioether (sulfide) groups is 1. The van der Waals surface area contributed by atoms with Gasteiger partial charge in [0.1, 0.15) is 6.04 Å². The molecule has 2 rings (SSSR count). The van der Waals surface area contributed by atoms with Crippen LogP contribution in [-0.2, 0) is 14.3 Å². The number of nitro benzene ring substituents is 1. The second-order valence-corrected chi connectivity index (χ2v) is 8.97. The quantitative estimate of drug-likeness (QED) is 0.190. The molecule has 0 radical (unpaired) electrons. The number of ether oxygens (including phenoxy) is 1. The highest BCUT2D eigenvalue weighted by Gasteiger charge is 2.36. The van der Waals surface area contributed by atoms with Gasteiger partial charge in [-0.05, 0) is 31.2 Å². The highest BCUT2D eigenvalue weighted by molar-refractivity contribution is 7.99. The second kappa shape index (κ2) is 9.92. The number of nitrogens with zero attached hydrogens (tertiary/aromatic N) is 3. The third-order valence-electron chi connectivity index (χ3n) is 4.48. The van der Waals surface area contributed by atoms with Gasteiger partial charge in [-0.2, -0.15) is 0 Å². The zero-order valence-electron chi connectivity index (χ0n) is 17.6. The van der Waals surface area contributed by atoms with E-state index in [2.05, 4.69) is 4.98 Å². The Morgan fingerprint density at radius 3 is 2.60 bits per heavy atom. The Kier molecular flexibility index (Phi) is 7.83. The van der Waals surface area contributed by atoms with Crippen LogP contribution in [0.2, 0.25) is 0 Å². The summed E-state index contributed by atoms with van der Waals surface area (Å²) in [5.41, 5.74) is 0.155. The van der Waals surface area contributed by atoms with Crippen LogP contribution < -0.4 is 0 Å². The molecule has 0 aliphatic heterocycles. The number of carbonyl (C=O) groups excluding carboxylic acids is 1. The molecule has 0 fully saturated rings. The van der Waals surface area contributed by atoms with Crippen molar-refractivity contribution in [3.63, 3.8) is 0 Å². The molecule has 1 N–H and O–H groups in total. The average molecular weight is 438 g/mol. The molecule has 9 nitrogen and oxygen atoms in total. The van der Waals surface area contributed by atoms with Crippen molar-refractivity contribution in [2.24, 2.45) is 5.41 Å². The predicted molar refractivity (Wildman–Crippen MR) is 114 cm³/mol. The summed E-state index contributed by atoms with van der Waals surface area (Å²) in [6, 6.07) is 3.32. The van der Waals surface area contributed by atoms with E-state index in [1.54, 1.807) is 11.5 Å². The Morgan fingerprint density at radius 1 is 1.33 bits per heavy atom. The lowest BCUT2D eigenvalue weighted by atomic mass is 9.86. The molecule has 0 aliphatic rings. The van der Waals surface area contributed by atoms with Gasteiger partial charge >= 0.3 is 11.9 Å². The third-order valence-corrected chi connectivity index (χ3v) is 5.51. The minimum atomic E-state index is -1.03.